The second-order valence-electron chi connectivity index (χ2n) is 5.57. The number of halogens is 6. The molecule has 0 N–H and O–H groups in total. The van der Waals surface area contributed by atoms with Gasteiger partial charge in [-0.15, -0.1) is 0 Å². The van der Waals surface area contributed by atoms with Crippen LogP contribution in [0.2, 0.25) is 0 Å². The molecule has 1 heterocycles. The van der Waals surface area contributed by atoms with E-state index in [0.29, 0.717) is 12.7 Å². The van der Waals surface area contributed by atoms with E-state index >= 15 is 0 Å². The Morgan fingerprint density at radius 2 is 1.55 bits per heavy atom. The largest absolute Gasteiger partial charge is 0.465 e. The van der Waals surface area contributed by atoms with E-state index in [1.54, 1.807) is 6.92 Å². The number of methoxy groups -OCH3 is 1. The molecule has 0 saturated heterocycles. The Kier molecular flexibility index (Phi) is 5.84. The monoisotopic (exact) mass is 443 g/mol. The van der Waals surface area contributed by atoms with Crippen molar-refractivity contribution in [2.45, 2.75) is 24.2 Å². The van der Waals surface area contributed by atoms with Gasteiger partial charge < -0.3 is 8.92 Å². The number of carbonyl (C=O) groups is 1. The number of esters is 1. The van der Waals surface area contributed by atoms with Crippen molar-refractivity contribution in [1.82, 2.24) is 4.98 Å². The number of hydrogen-bond acceptors (Lipinski definition) is 6. The summed E-state index contributed by atoms with van der Waals surface area (Å²) < 4.78 is 112. The van der Waals surface area contributed by atoms with E-state index in [0.717, 1.165) is 12.1 Å². The first-order valence-corrected chi connectivity index (χ1v) is 8.86. The lowest BCUT2D eigenvalue weighted by molar-refractivity contribution is -0.146. The molecule has 0 fully saturated rings. The van der Waals surface area contributed by atoms with E-state index < -0.39 is 56.0 Å². The first-order chi connectivity index (χ1) is 13.2. The van der Waals surface area contributed by atoms with Gasteiger partial charge in [0.05, 0.1) is 12.7 Å². The molecule has 0 aliphatic carbocycles. The number of aryl methyl sites for hydroxylation is 1. The number of aromatic nitrogens is 1. The molecule has 1 aromatic heterocycles. The van der Waals surface area contributed by atoms with Crippen molar-refractivity contribution < 1.29 is 48.5 Å². The fraction of sp³-hybridized carbons (Fsp3) is 0.250. The Hall–Kier alpha value is -2.83. The van der Waals surface area contributed by atoms with Gasteiger partial charge >= 0.3 is 28.4 Å². The molecule has 0 amide bonds. The van der Waals surface area contributed by atoms with E-state index in [4.69, 9.17) is 0 Å². The lowest BCUT2D eigenvalue weighted by Gasteiger charge is -2.18. The van der Waals surface area contributed by atoms with Crippen LogP contribution in [-0.4, -0.2) is 26.5 Å². The lowest BCUT2D eigenvalue weighted by Crippen LogP contribution is -2.24. The van der Waals surface area contributed by atoms with Crippen molar-refractivity contribution in [3.05, 3.63) is 52.7 Å². The zero-order valence-electron chi connectivity index (χ0n) is 14.6. The third kappa shape index (κ3) is 4.96. The predicted molar refractivity (Wildman–Crippen MR) is 84.6 cm³/mol. The Balaban J connectivity index is 2.70. The van der Waals surface area contributed by atoms with Gasteiger partial charge in [-0.3, -0.25) is 0 Å². The maximum absolute atomic E-state index is 13.3. The van der Waals surface area contributed by atoms with Gasteiger partial charge in [-0.05, 0) is 19.1 Å². The second kappa shape index (κ2) is 7.54. The summed E-state index contributed by atoms with van der Waals surface area (Å²) in [5.74, 6) is -3.47. The van der Waals surface area contributed by atoms with Crippen LogP contribution < -0.4 is 4.18 Å². The zero-order chi connectivity index (χ0) is 22.2. The first kappa shape index (κ1) is 22.5. The highest BCUT2D eigenvalue weighted by atomic mass is 32.2. The normalized spacial score (nSPS) is 12.6. The van der Waals surface area contributed by atoms with Gasteiger partial charge in [0.25, 0.3) is 0 Å². The molecule has 0 radical (unpaired) electrons. The van der Waals surface area contributed by atoms with Gasteiger partial charge in [0.15, 0.2) is 5.69 Å². The highest BCUT2D eigenvalue weighted by molar-refractivity contribution is 7.87. The summed E-state index contributed by atoms with van der Waals surface area (Å²) in [6, 6.07) is 4.65. The van der Waals surface area contributed by atoms with Crippen molar-refractivity contribution in [1.29, 1.82) is 0 Å². The van der Waals surface area contributed by atoms with Crippen LogP contribution in [0.1, 0.15) is 27.2 Å². The summed E-state index contributed by atoms with van der Waals surface area (Å²) >= 11 is 0. The molecule has 2 aromatic rings. The van der Waals surface area contributed by atoms with Crippen LogP contribution in [0, 0.1) is 6.92 Å². The number of pyridine rings is 1. The molecule has 29 heavy (non-hydrogen) atoms. The number of benzene rings is 1. The highest BCUT2D eigenvalue weighted by Gasteiger charge is 2.46. The molecule has 0 unspecified atom stereocenters. The summed E-state index contributed by atoms with van der Waals surface area (Å²) in [4.78, 5) is 13.8. The molecule has 1 aromatic carbocycles. The summed E-state index contributed by atoms with van der Waals surface area (Å²) in [7, 11) is -4.23. The molecule has 13 heteroatoms. The Labute approximate surface area is 160 Å². The molecule has 0 aliphatic heterocycles. The van der Waals surface area contributed by atoms with Gasteiger partial charge in [0, 0.05) is 6.07 Å². The van der Waals surface area contributed by atoms with Crippen molar-refractivity contribution in [2.75, 3.05) is 7.11 Å². The van der Waals surface area contributed by atoms with Crippen LogP contribution in [0.15, 0.2) is 35.2 Å². The van der Waals surface area contributed by atoms with Gasteiger partial charge in [-0.1, -0.05) is 17.7 Å². The summed E-state index contributed by atoms with van der Waals surface area (Å²) in [5, 5.41) is 0. The molecular formula is C16H11F6NO5S. The average molecular weight is 443 g/mol. The predicted octanol–water partition coefficient (Wildman–Crippen LogP) is 3.98. The van der Waals surface area contributed by atoms with Crippen molar-refractivity contribution in [2.24, 2.45) is 0 Å². The summed E-state index contributed by atoms with van der Waals surface area (Å²) in [5.41, 5.74) is -5.68. The third-order valence-electron chi connectivity index (χ3n) is 3.46. The molecule has 0 bridgehead atoms. The Bertz CT molecular complexity index is 994. The smallest absolute Gasteiger partial charge is 0.434 e. The van der Waals surface area contributed by atoms with Crippen LogP contribution in [0.4, 0.5) is 26.3 Å². The lowest BCUT2D eigenvalue weighted by atomic mass is 10.1. The first-order valence-electron chi connectivity index (χ1n) is 7.45. The number of rotatable bonds is 4. The SMILES string of the molecule is COC(=O)c1c(C(F)(F)F)cc(OS(=O)(=O)c2ccc(C)cc2)nc1C(F)(F)F. The minimum absolute atomic E-state index is 0.118. The van der Waals surface area contributed by atoms with Crippen LogP contribution in [-0.2, 0) is 27.2 Å². The minimum atomic E-state index is -5.55. The number of alkyl halides is 6. The molecule has 2 rings (SSSR count). The van der Waals surface area contributed by atoms with Crippen LogP contribution in [0.25, 0.3) is 0 Å². The topological polar surface area (TPSA) is 82.6 Å². The standard InChI is InChI=1S/C16H11F6NO5S/c1-8-3-5-9(6-4-8)29(25,26)28-11-7-10(15(17,18)19)12(14(24)27-2)13(23-11)16(20,21)22/h3-7H,1-2H3. The molecule has 0 spiro atoms. The van der Waals surface area contributed by atoms with E-state index in [9.17, 15) is 39.6 Å². The number of carbonyl (C=O) groups excluding carboxylic acids is 1. The zero-order valence-corrected chi connectivity index (χ0v) is 15.4. The Morgan fingerprint density at radius 1 is 1.00 bits per heavy atom. The molecule has 6 nitrogen and oxygen atoms in total. The van der Waals surface area contributed by atoms with Gasteiger partial charge in [0.2, 0.25) is 5.88 Å². The van der Waals surface area contributed by atoms with E-state index in [1.165, 1.54) is 12.1 Å². The number of hydrogen-bond donors (Lipinski definition) is 0. The van der Waals surface area contributed by atoms with E-state index in [2.05, 4.69) is 13.9 Å². The van der Waals surface area contributed by atoms with E-state index in [-0.39, 0.29) is 6.07 Å². The van der Waals surface area contributed by atoms with Gasteiger partial charge in [-0.2, -0.15) is 34.8 Å². The third-order valence-corrected chi connectivity index (χ3v) is 4.70. The Morgan fingerprint density at radius 3 is 2.00 bits per heavy atom. The molecule has 0 saturated carbocycles. The molecule has 0 aliphatic rings. The quantitative estimate of drug-likeness (QED) is 0.404. The fourth-order valence-corrected chi connectivity index (χ4v) is 3.04. The molecular weight excluding hydrogens is 432 g/mol. The van der Waals surface area contributed by atoms with Crippen molar-refractivity contribution in [3.8, 4) is 5.88 Å². The summed E-state index contributed by atoms with van der Waals surface area (Å²) in [6.45, 7) is 1.62. The summed E-state index contributed by atoms with van der Waals surface area (Å²) in [6.07, 6.45) is -11.0. The maximum Gasteiger partial charge on any atom is 0.434 e. The van der Waals surface area contributed by atoms with Crippen LogP contribution in [0.5, 0.6) is 5.88 Å². The minimum Gasteiger partial charge on any atom is -0.465 e. The number of nitrogens with zero attached hydrogens (tertiary/aromatic N) is 1. The highest BCUT2D eigenvalue weighted by Crippen LogP contribution is 2.41. The fourth-order valence-electron chi connectivity index (χ4n) is 2.17. The van der Waals surface area contributed by atoms with Gasteiger partial charge in [-0.25, -0.2) is 9.78 Å². The van der Waals surface area contributed by atoms with Crippen molar-refractivity contribution >= 4 is 16.1 Å². The number of ether oxygens (including phenoxy) is 1. The van der Waals surface area contributed by atoms with Gasteiger partial charge in [0.1, 0.15) is 10.5 Å². The van der Waals surface area contributed by atoms with Crippen LogP contribution >= 0.6 is 0 Å². The second-order valence-corrected chi connectivity index (χ2v) is 7.12. The molecule has 158 valence electrons. The van der Waals surface area contributed by atoms with E-state index in [1.807, 2.05) is 0 Å². The van der Waals surface area contributed by atoms with Crippen molar-refractivity contribution in [3.63, 3.8) is 0 Å². The molecule has 0 atom stereocenters. The van der Waals surface area contributed by atoms with Crippen LogP contribution in [0.3, 0.4) is 0 Å². The average Bonchev–Trinajstić information content (AvgIpc) is 2.59. The maximum atomic E-state index is 13.3.